The number of anilines is 1. The number of ether oxygens (including phenoxy) is 1. The third kappa shape index (κ3) is 5.29. The SMILES string of the molecule is O=C(NCC1CN(c2ccc(S(=O)(=O)N3CCCCC3)cc2)C(=O)O1)C1=CC(Cl)=CCC1=S. The van der Waals surface area contributed by atoms with Crippen molar-refractivity contribution in [1.82, 2.24) is 9.62 Å². The number of allylic oxidation sites excluding steroid dienone is 3. The van der Waals surface area contributed by atoms with Gasteiger partial charge in [0.05, 0.1) is 23.6 Å². The molecule has 11 heteroatoms. The van der Waals surface area contributed by atoms with Gasteiger partial charge in [0, 0.05) is 35.1 Å². The Morgan fingerprint density at radius 2 is 1.88 bits per heavy atom. The highest BCUT2D eigenvalue weighted by Gasteiger charge is 2.33. The average Bonchev–Trinajstić information content (AvgIpc) is 3.20. The number of benzene rings is 1. The molecule has 2 saturated heterocycles. The number of rotatable bonds is 6. The average molecular weight is 510 g/mol. The predicted octanol–water partition coefficient (Wildman–Crippen LogP) is 3.13. The lowest BCUT2D eigenvalue weighted by Crippen LogP contribution is -2.36. The van der Waals surface area contributed by atoms with E-state index in [0.717, 1.165) is 19.3 Å². The fourth-order valence-corrected chi connectivity index (χ4v) is 5.90. The van der Waals surface area contributed by atoms with Crippen molar-refractivity contribution >= 4 is 56.4 Å². The van der Waals surface area contributed by atoms with Gasteiger partial charge in [0.2, 0.25) is 10.0 Å². The molecule has 1 unspecified atom stereocenters. The van der Waals surface area contributed by atoms with Gasteiger partial charge >= 0.3 is 6.09 Å². The predicted molar refractivity (Wildman–Crippen MR) is 129 cm³/mol. The van der Waals surface area contributed by atoms with Crippen LogP contribution in [0.5, 0.6) is 0 Å². The summed E-state index contributed by atoms with van der Waals surface area (Å²) >= 11 is 11.2. The third-order valence-corrected chi connectivity index (χ3v) is 8.34. The maximum absolute atomic E-state index is 12.8. The molecule has 3 aliphatic rings. The van der Waals surface area contributed by atoms with Crippen LogP contribution in [0.1, 0.15) is 25.7 Å². The molecule has 1 aromatic carbocycles. The molecule has 33 heavy (non-hydrogen) atoms. The monoisotopic (exact) mass is 509 g/mol. The summed E-state index contributed by atoms with van der Waals surface area (Å²) < 4.78 is 32.5. The first-order valence-corrected chi connectivity index (χ1v) is 13.0. The van der Waals surface area contributed by atoms with Gasteiger partial charge in [-0.2, -0.15) is 4.31 Å². The molecule has 8 nitrogen and oxygen atoms in total. The van der Waals surface area contributed by atoms with Gasteiger partial charge in [0.15, 0.2) is 0 Å². The Bertz CT molecular complexity index is 1130. The van der Waals surface area contributed by atoms with E-state index in [0.29, 0.717) is 40.7 Å². The summed E-state index contributed by atoms with van der Waals surface area (Å²) in [5, 5.41) is 3.19. The van der Waals surface area contributed by atoms with E-state index in [4.69, 9.17) is 28.6 Å². The number of sulfonamides is 1. The summed E-state index contributed by atoms with van der Waals surface area (Å²) in [5.41, 5.74) is 0.865. The molecule has 0 radical (unpaired) electrons. The van der Waals surface area contributed by atoms with Gasteiger partial charge in [-0.3, -0.25) is 9.69 Å². The molecule has 0 saturated carbocycles. The van der Waals surface area contributed by atoms with Gasteiger partial charge in [0.1, 0.15) is 6.10 Å². The Balaban J connectivity index is 1.37. The second-order valence-corrected chi connectivity index (χ2v) is 10.9. The molecule has 0 bridgehead atoms. The fraction of sp³-hybridized carbons (Fsp3) is 0.409. The number of hydrogen-bond acceptors (Lipinski definition) is 6. The van der Waals surface area contributed by atoms with E-state index in [-0.39, 0.29) is 23.9 Å². The standard InChI is InChI=1S/C22H24ClN3O5S2/c23-15-4-9-20(32)19(12-15)21(27)24-13-17-14-26(22(28)31-17)16-5-7-18(8-6-16)33(29,30)25-10-2-1-3-11-25/h4-8,12,17H,1-3,9-11,13-14H2,(H,24,27). The smallest absolute Gasteiger partial charge is 0.414 e. The number of thiocarbonyl (C=S) groups is 1. The number of carbonyl (C=O) groups is 2. The van der Waals surface area contributed by atoms with Crippen molar-refractivity contribution in [1.29, 1.82) is 0 Å². The third-order valence-electron chi connectivity index (χ3n) is 5.78. The molecule has 2 heterocycles. The molecule has 1 atom stereocenters. The minimum atomic E-state index is -3.54. The number of nitrogens with one attached hydrogen (secondary N) is 1. The summed E-state index contributed by atoms with van der Waals surface area (Å²) in [7, 11) is -3.54. The lowest BCUT2D eigenvalue weighted by Gasteiger charge is -2.26. The zero-order valence-corrected chi connectivity index (χ0v) is 20.2. The summed E-state index contributed by atoms with van der Waals surface area (Å²) in [6, 6.07) is 6.21. The van der Waals surface area contributed by atoms with E-state index < -0.39 is 22.2 Å². The molecular weight excluding hydrogens is 486 g/mol. The molecular formula is C22H24ClN3O5S2. The highest BCUT2D eigenvalue weighted by molar-refractivity contribution is 7.89. The van der Waals surface area contributed by atoms with Crippen LogP contribution in [-0.2, 0) is 19.6 Å². The number of cyclic esters (lactones) is 1. The summed E-state index contributed by atoms with van der Waals surface area (Å²) in [5.74, 6) is -0.368. The van der Waals surface area contributed by atoms with Crippen molar-refractivity contribution in [2.75, 3.05) is 31.1 Å². The normalized spacial score (nSPS) is 22.0. The minimum Gasteiger partial charge on any atom is -0.442 e. The van der Waals surface area contributed by atoms with Gasteiger partial charge in [-0.25, -0.2) is 13.2 Å². The van der Waals surface area contributed by atoms with Crippen LogP contribution in [0.3, 0.4) is 0 Å². The number of carbonyl (C=O) groups excluding carboxylic acids is 2. The zero-order valence-electron chi connectivity index (χ0n) is 17.8. The Labute approximate surface area is 203 Å². The summed E-state index contributed by atoms with van der Waals surface area (Å²) in [6.45, 7) is 1.39. The van der Waals surface area contributed by atoms with E-state index in [1.807, 2.05) is 0 Å². The van der Waals surface area contributed by atoms with E-state index in [9.17, 15) is 18.0 Å². The van der Waals surface area contributed by atoms with E-state index in [2.05, 4.69) is 5.32 Å². The first kappa shape index (κ1) is 23.9. The Morgan fingerprint density at radius 3 is 2.58 bits per heavy atom. The number of nitrogens with zero attached hydrogens (tertiary/aromatic N) is 2. The van der Waals surface area contributed by atoms with Crippen LogP contribution in [0, 0.1) is 0 Å². The molecule has 2 aliphatic heterocycles. The van der Waals surface area contributed by atoms with Gasteiger partial charge in [-0.15, -0.1) is 0 Å². The Hall–Kier alpha value is -2.27. The highest BCUT2D eigenvalue weighted by atomic mass is 35.5. The summed E-state index contributed by atoms with van der Waals surface area (Å²) in [4.78, 5) is 26.9. The van der Waals surface area contributed by atoms with Gasteiger partial charge in [-0.05, 0) is 43.2 Å². The molecule has 2 fully saturated rings. The minimum absolute atomic E-state index is 0.115. The van der Waals surface area contributed by atoms with Crippen LogP contribution >= 0.6 is 23.8 Å². The maximum atomic E-state index is 12.8. The molecule has 4 rings (SSSR count). The topological polar surface area (TPSA) is 96.0 Å². The van der Waals surface area contributed by atoms with Crippen LogP contribution in [0.4, 0.5) is 10.5 Å². The molecule has 2 amide bonds. The molecule has 1 aromatic rings. The van der Waals surface area contributed by atoms with Crippen molar-refractivity contribution in [3.8, 4) is 0 Å². The van der Waals surface area contributed by atoms with Crippen molar-refractivity contribution in [2.24, 2.45) is 0 Å². The fourth-order valence-electron chi connectivity index (χ4n) is 3.96. The Morgan fingerprint density at radius 1 is 1.18 bits per heavy atom. The van der Waals surface area contributed by atoms with Crippen LogP contribution in [0.2, 0.25) is 0 Å². The highest BCUT2D eigenvalue weighted by Crippen LogP contribution is 2.26. The molecule has 176 valence electrons. The van der Waals surface area contributed by atoms with Crippen LogP contribution in [0.25, 0.3) is 0 Å². The molecule has 1 aliphatic carbocycles. The summed E-state index contributed by atoms with van der Waals surface area (Å²) in [6.07, 6.45) is 5.35. The Kier molecular flexibility index (Phi) is 7.18. The van der Waals surface area contributed by atoms with E-state index >= 15 is 0 Å². The van der Waals surface area contributed by atoms with Gasteiger partial charge in [-0.1, -0.05) is 36.3 Å². The van der Waals surface area contributed by atoms with Gasteiger partial charge in [0.25, 0.3) is 5.91 Å². The lowest BCUT2D eigenvalue weighted by atomic mass is 10.0. The van der Waals surface area contributed by atoms with Crippen LogP contribution in [0.15, 0.2) is 51.9 Å². The first-order valence-electron chi connectivity index (χ1n) is 10.7. The van der Waals surface area contributed by atoms with Crippen LogP contribution in [-0.4, -0.2) is 61.9 Å². The largest absolute Gasteiger partial charge is 0.442 e. The maximum Gasteiger partial charge on any atom is 0.414 e. The second kappa shape index (κ2) is 9.92. The quantitative estimate of drug-likeness (QED) is 0.592. The van der Waals surface area contributed by atoms with E-state index in [1.54, 1.807) is 18.2 Å². The first-order chi connectivity index (χ1) is 15.8. The van der Waals surface area contributed by atoms with E-state index in [1.165, 1.54) is 27.4 Å². The second-order valence-electron chi connectivity index (χ2n) is 8.06. The molecule has 1 N–H and O–H groups in total. The number of piperidine rings is 1. The van der Waals surface area contributed by atoms with Crippen LogP contribution < -0.4 is 10.2 Å². The van der Waals surface area contributed by atoms with Crippen molar-refractivity contribution in [3.05, 3.63) is 47.0 Å². The molecule has 0 spiro atoms. The van der Waals surface area contributed by atoms with Crippen molar-refractivity contribution in [3.63, 3.8) is 0 Å². The number of halogens is 1. The van der Waals surface area contributed by atoms with Crippen molar-refractivity contribution < 1.29 is 22.7 Å². The molecule has 0 aromatic heterocycles. The number of amides is 2. The van der Waals surface area contributed by atoms with Crippen molar-refractivity contribution in [2.45, 2.75) is 36.7 Å². The zero-order chi connectivity index (χ0) is 23.6. The lowest BCUT2D eigenvalue weighted by molar-refractivity contribution is -0.117. The van der Waals surface area contributed by atoms with Gasteiger partial charge < -0.3 is 10.1 Å². The number of hydrogen-bond donors (Lipinski definition) is 1.